The highest BCUT2D eigenvalue weighted by molar-refractivity contribution is 7.90. The van der Waals surface area contributed by atoms with Crippen molar-refractivity contribution in [3.63, 3.8) is 0 Å². The van der Waals surface area contributed by atoms with Gasteiger partial charge < -0.3 is 4.74 Å². The van der Waals surface area contributed by atoms with E-state index in [0.717, 1.165) is 12.3 Å². The van der Waals surface area contributed by atoms with Crippen LogP contribution in [-0.4, -0.2) is 24.6 Å². The molecule has 0 amide bonds. The molecule has 3 aromatic carbocycles. The van der Waals surface area contributed by atoms with Gasteiger partial charge in [-0.1, -0.05) is 35.9 Å². The predicted molar refractivity (Wildman–Crippen MR) is 124 cm³/mol. The third-order valence-corrected chi connectivity index (χ3v) is 6.51. The number of hydrogen-bond acceptors (Lipinski definition) is 5. The fraction of sp³-hybridized carbons (Fsp3) is 0.167. The van der Waals surface area contributed by atoms with Crippen molar-refractivity contribution in [2.75, 3.05) is 6.26 Å². The van der Waals surface area contributed by atoms with Gasteiger partial charge >= 0.3 is 6.18 Å². The second-order valence-corrected chi connectivity index (χ2v) is 10.1. The van der Waals surface area contributed by atoms with E-state index in [2.05, 4.69) is 9.97 Å². The molecule has 1 heterocycles. The third-order valence-electron chi connectivity index (χ3n) is 5.07. The molecule has 0 saturated heterocycles. The molecule has 0 fully saturated rings. The summed E-state index contributed by atoms with van der Waals surface area (Å²) in [5.41, 5.74) is 0.211. The minimum absolute atomic E-state index is 0.0756. The van der Waals surface area contributed by atoms with E-state index in [1.165, 1.54) is 31.2 Å². The number of halogens is 4. The summed E-state index contributed by atoms with van der Waals surface area (Å²) in [7, 11) is -3.36. The first kappa shape index (κ1) is 24.0. The predicted octanol–water partition coefficient (Wildman–Crippen LogP) is 6.26. The average Bonchev–Trinajstić information content (AvgIpc) is 2.76. The Morgan fingerprint density at radius 1 is 1.00 bits per heavy atom. The Hall–Kier alpha value is -3.17. The second-order valence-electron chi connectivity index (χ2n) is 7.67. The maximum absolute atomic E-state index is 13.5. The van der Waals surface area contributed by atoms with Gasteiger partial charge in [0.1, 0.15) is 18.2 Å². The summed E-state index contributed by atoms with van der Waals surface area (Å²) in [5.74, 6) is 0.555. The standard InChI is InChI=1S/C24H18ClF3N2O3S/c1-14-29-22(18-7-4-8-20(23(18)30-14)24(26,27)28)19-12-16(9-10-21(19)25)33-13-15-5-3-6-17(11-15)34(2,31)32/h3-12H,13H2,1-2H3. The molecule has 0 spiro atoms. The number of fused-ring (bicyclic) bond motifs is 1. The van der Waals surface area contributed by atoms with Crippen LogP contribution in [0, 0.1) is 6.92 Å². The van der Waals surface area contributed by atoms with Crippen molar-refractivity contribution in [3.05, 3.63) is 82.6 Å². The summed E-state index contributed by atoms with van der Waals surface area (Å²) < 4.78 is 70.0. The molecule has 1 aromatic heterocycles. The molecule has 10 heteroatoms. The minimum Gasteiger partial charge on any atom is -0.489 e. The molecule has 5 nitrogen and oxygen atoms in total. The quantitative estimate of drug-likeness (QED) is 0.319. The fourth-order valence-electron chi connectivity index (χ4n) is 3.51. The number of sulfone groups is 1. The summed E-state index contributed by atoms with van der Waals surface area (Å²) in [4.78, 5) is 8.57. The number of alkyl halides is 3. The zero-order valence-corrected chi connectivity index (χ0v) is 19.6. The molecular weight excluding hydrogens is 489 g/mol. The second kappa shape index (κ2) is 8.88. The van der Waals surface area contributed by atoms with Gasteiger partial charge in [0.15, 0.2) is 9.84 Å². The minimum atomic E-state index is -4.58. The topological polar surface area (TPSA) is 69.2 Å². The summed E-state index contributed by atoms with van der Waals surface area (Å²) in [5, 5.41) is 0.489. The lowest BCUT2D eigenvalue weighted by atomic mass is 10.0. The summed E-state index contributed by atoms with van der Waals surface area (Å²) in [6.45, 7) is 1.59. The van der Waals surface area contributed by atoms with Crippen molar-refractivity contribution < 1.29 is 26.3 Å². The molecule has 0 unspecified atom stereocenters. The average molecular weight is 507 g/mol. The molecule has 0 aliphatic carbocycles. The zero-order valence-electron chi connectivity index (χ0n) is 18.0. The van der Waals surface area contributed by atoms with E-state index in [9.17, 15) is 21.6 Å². The molecular formula is C24H18ClF3N2O3S. The molecule has 0 N–H and O–H groups in total. The van der Waals surface area contributed by atoms with Crippen LogP contribution in [0.15, 0.2) is 65.6 Å². The van der Waals surface area contributed by atoms with Crippen LogP contribution < -0.4 is 4.74 Å². The summed E-state index contributed by atoms with van der Waals surface area (Å²) in [6, 6.07) is 14.9. The van der Waals surface area contributed by atoms with Crippen LogP contribution in [-0.2, 0) is 22.6 Å². The smallest absolute Gasteiger partial charge is 0.418 e. The molecule has 0 bridgehead atoms. The molecule has 34 heavy (non-hydrogen) atoms. The highest BCUT2D eigenvalue weighted by Crippen LogP contribution is 2.39. The normalized spacial score (nSPS) is 12.2. The number of hydrogen-bond donors (Lipinski definition) is 0. The molecule has 0 atom stereocenters. The third kappa shape index (κ3) is 5.00. The Morgan fingerprint density at radius 2 is 1.74 bits per heavy atom. The van der Waals surface area contributed by atoms with E-state index in [4.69, 9.17) is 16.3 Å². The van der Waals surface area contributed by atoms with E-state index >= 15 is 0 Å². The van der Waals surface area contributed by atoms with Gasteiger partial charge in [0, 0.05) is 17.2 Å². The highest BCUT2D eigenvalue weighted by Gasteiger charge is 2.33. The Kier molecular flexibility index (Phi) is 6.26. The zero-order chi connectivity index (χ0) is 24.7. The molecule has 0 aliphatic heterocycles. The van der Waals surface area contributed by atoms with Crippen molar-refractivity contribution in [2.24, 2.45) is 0 Å². The van der Waals surface area contributed by atoms with Gasteiger partial charge in [0.25, 0.3) is 0 Å². The van der Waals surface area contributed by atoms with Crippen molar-refractivity contribution in [1.82, 2.24) is 9.97 Å². The van der Waals surface area contributed by atoms with Crippen LogP contribution in [0.4, 0.5) is 13.2 Å². The largest absolute Gasteiger partial charge is 0.489 e. The fourth-order valence-corrected chi connectivity index (χ4v) is 4.40. The van der Waals surface area contributed by atoms with Crippen LogP contribution >= 0.6 is 11.6 Å². The van der Waals surface area contributed by atoms with Crippen molar-refractivity contribution >= 4 is 32.3 Å². The molecule has 0 saturated carbocycles. The molecule has 176 valence electrons. The number of nitrogens with zero attached hydrogens (tertiary/aromatic N) is 2. The Labute approximate surface area is 199 Å². The van der Waals surface area contributed by atoms with Gasteiger partial charge in [-0.15, -0.1) is 0 Å². The van der Waals surface area contributed by atoms with Crippen molar-refractivity contribution in [2.45, 2.75) is 24.6 Å². The SMILES string of the molecule is Cc1nc(-c2cc(OCc3cccc(S(C)(=O)=O)c3)ccc2Cl)c2cccc(C(F)(F)F)c2n1. The van der Waals surface area contributed by atoms with Crippen LogP contribution in [0.3, 0.4) is 0 Å². The van der Waals surface area contributed by atoms with Gasteiger partial charge in [-0.3, -0.25) is 0 Å². The summed E-state index contributed by atoms with van der Waals surface area (Å²) in [6.07, 6.45) is -3.45. The maximum Gasteiger partial charge on any atom is 0.418 e. The molecule has 0 radical (unpaired) electrons. The number of para-hydroxylation sites is 1. The van der Waals surface area contributed by atoms with Crippen LogP contribution in [0.2, 0.25) is 5.02 Å². The molecule has 4 rings (SSSR count). The molecule has 0 aliphatic rings. The first-order valence-electron chi connectivity index (χ1n) is 10.00. The first-order valence-corrected chi connectivity index (χ1v) is 12.3. The van der Waals surface area contributed by atoms with Gasteiger partial charge in [-0.2, -0.15) is 13.2 Å². The Morgan fingerprint density at radius 3 is 2.44 bits per heavy atom. The van der Waals surface area contributed by atoms with Crippen LogP contribution in [0.1, 0.15) is 17.0 Å². The number of aromatic nitrogens is 2. The van der Waals surface area contributed by atoms with Crippen LogP contribution in [0.25, 0.3) is 22.2 Å². The number of aryl methyl sites for hydroxylation is 1. The number of benzene rings is 3. The molecule has 4 aromatic rings. The van der Waals surface area contributed by atoms with Crippen LogP contribution in [0.5, 0.6) is 5.75 Å². The van der Waals surface area contributed by atoms with E-state index < -0.39 is 21.6 Å². The lowest BCUT2D eigenvalue weighted by molar-refractivity contribution is -0.136. The van der Waals surface area contributed by atoms with E-state index in [-0.39, 0.29) is 38.9 Å². The van der Waals surface area contributed by atoms with Gasteiger partial charge in [-0.25, -0.2) is 18.4 Å². The van der Waals surface area contributed by atoms with Gasteiger partial charge in [0.05, 0.1) is 26.7 Å². The van der Waals surface area contributed by atoms with Gasteiger partial charge in [-0.05, 0) is 48.9 Å². The Balaban J connectivity index is 1.74. The van der Waals surface area contributed by atoms with E-state index in [0.29, 0.717) is 16.9 Å². The Bertz CT molecular complexity index is 1510. The number of rotatable bonds is 5. The lowest BCUT2D eigenvalue weighted by Crippen LogP contribution is -2.08. The number of ether oxygens (including phenoxy) is 1. The summed E-state index contributed by atoms with van der Waals surface area (Å²) >= 11 is 6.40. The monoisotopic (exact) mass is 506 g/mol. The lowest BCUT2D eigenvalue weighted by Gasteiger charge is -2.14. The first-order chi connectivity index (χ1) is 15.9. The van der Waals surface area contributed by atoms with E-state index in [1.54, 1.807) is 30.3 Å². The van der Waals surface area contributed by atoms with E-state index in [1.807, 2.05) is 0 Å². The maximum atomic E-state index is 13.5. The highest BCUT2D eigenvalue weighted by atomic mass is 35.5. The van der Waals surface area contributed by atoms with Crippen molar-refractivity contribution in [3.8, 4) is 17.0 Å². The van der Waals surface area contributed by atoms with Gasteiger partial charge in [0.2, 0.25) is 0 Å². The van der Waals surface area contributed by atoms with Crippen molar-refractivity contribution in [1.29, 1.82) is 0 Å².